The van der Waals surface area contributed by atoms with E-state index in [1.807, 2.05) is 12.1 Å². The molecule has 0 aliphatic carbocycles. The average molecular weight is 384 g/mol. The minimum absolute atomic E-state index is 0.0376. The Bertz CT molecular complexity index is 759. The summed E-state index contributed by atoms with van der Waals surface area (Å²) in [7, 11) is -3.70. The maximum atomic E-state index is 11.7. The van der Waals surface area contributed by atoms with Crippen LogP contribution in [0.4, 0.5) is 10.5 Å². The van der Waals surface area contributed by atoms with Crippen molar-refractivity contribution in [2.24, 2.45) is 5.14 Å². The SMILES string of the molecule is NS(=O)(=O)c1ccc(CNC(=O)Nc2ccc(Br)cc2)cc1. The molecule has 0 heterocycles. The second kappa shape index (κ2) is 6.91. The smallest absolute Gasteiger partial charge is 0.319 e. The number of sulfonamides is 1. The van der Waals surface area contributed by atoms with E-state index in [0.717, 1.165) is 10.0 Å². The third-order valence-corrected chi connectivity index (χ3v) is 4.26. The highest BCUT2D eigenvalue weighted by Gasteiger charge is 2.07. The first-order valence-corrected chi connectivity index (χ1v) is 8.61. The number of hydrogen-bond acceptors (Lipinski definition) is 3. The molecule has 2 rings (SSSR count). The minimum Gasteiger partial charge on any atom is -0.334 e. The van der Waals surface area contributed by atoms with Crippen LogP contribution in [0.5, 0.6) is 0 Å². The number of anilines is 1. The van der Waals surface area contributed by atoms with Gasteiger partial charge in [0.2, 0.25) is 10.0 Å². The number of nitrogens with two attached hydrogens (primary N) is 1. The molecule has 6 nitrogen and oxygen atoms in total. The lowest BCUT2D eigenvalue weighted by molar-refractivity contribution is 0.251. The van der Waals surface area contributed by atoms with E-state index >= 15 is 0 Å². The Morgan fingerprint density at radius 2 is 1.64 bits per heavy atom. The van der Waals surface area contributed by atoms with Crippen molar-refractivity contribution in [2.75, 3.05) is 5.32 Å². The first-order valence-electron chi connectivity index (χ1n) is 6.27. The van der Waals surface area contributed by atoms with Gasteiger partial charge in [0.15, 0.2) is 0 Å². The first-order chi connectivity index (χ1) is 10.3. The van der Waals surface area contributed by atoms with Gasteiger partial charge in [0, 0.05) is 16.7 Å². The van der Waals surface area contributed by atoms with Crippen molar-refractivity contribution >= 4 is 37.7 Å². The topological polar surface area (TPSA) is 101 Å². The number of hydrogen-bond donors (Lipinski definition) is 3. The second-order valence-electron chi connectivity index (χ2n) is 4.50. The fraction of sp³-hybridized carbons (Fsp3) is 0.0714. The van der Waals surface area contributed by atoms with E-state index in [1.165, 1.54) is 12.1 Å². The lowest BCUT2D eigenvalue weighted by atomic mass is 10.2. The van der Waals surface area contributed by atoms with Gasteiger partial charge >= 0.3 is 6.03 Å². The van der Waals surface area contributed by atoms with E-state index in [4.69, 9.17) is 5.14 Å². The zero-order valence-electron chi connectivity index (χ0n) is 11.4. The summed E-state index contributed by atoms with van der Waals surface area (Å²) in [5, 5.41) is 10.4. The van der Waals surface area contributed by atoms with Crippen LogP contribution in [-0.4, -0.2) is 14.4 Å². The van der Waals surface area contributed by atoms with Gasteiger partial charge in [0.1, 0.15) is 0 Å². The Kier molecular flexibility index (Phi) is 5.17. The molecule has 0 aliphatic rings. The van der Waals surface area contributed by atoms with Crippen LogP contribution in [0, 0.1) is 0 Å². The van der Waals surface area contributed by atoms with Gasteiger partial charge in [-0.15, -0.1) is 0 Å². The van der Waals surface area contributed by atoms with Crippen molar-refractivity contribution in [3.05, 3.63) is 58.6 Å². The maximum absolute atomic E-state index is 11.7. The van der Waals surface area contributed by atoms with Gasteiger partial charge in [0.05, 0.1) is 4.90 Å². The van der Waals surface area contributed by atoms with Gasteiger partial charge in [-0.05, 0) is 42.0 Å². The monoisotopic (exact) mass is 383 g/mol. The molecule has 2 aromatic carbocycles. The van der Waals surface area contributed by atoms with Crippen molar-refractivity contribution in [1.82, 2.24) is 5.32 Å². The molecule has 0 atom stereocenters. The fourth-order valence-corrected chi connectivity index (χ4v) is 2.47. The molecule has 0 saturated carbocycles. The molecule has 0 spiro atoms. The van der Waals surface area contributed by atoms with E-state index in [9.17, 15) is 13.2 Å². The molecule has 0 saturated heterocycles. The fourth-order valence-electron chi connectivity index (χ4n) is 1.69. The van der Waals surface area contributed by atoms with Gasteiger partial charge in [0.25, 0.3) is 0 Å². The van der Waals surface area contributed by atoms with E-state index in [2.05, 4.69) is 26.6 Å². The Hall–Kier alpha value is -1.90. The summed E-state index contributed by atoms with van der Waals surface area (Å²) in [6.45, 7) is 0.271. The van der Waals surface area contributed by atoms with Gasteiger partial charge in [-0.2, -0.15) is 0 Å². The number of carbonyl (C=O) groups excluding carboxylic acids is 1. The number of halogens is 1. The van der Waals surface area contributed by atoms with Crippen LogP contribution in [0.15, 0.2) is 57.9 Å². The summed E-state index contributed by atoms with van der Waals surface area (Å²) in [5.41, 5.74) is 1.43. The highest BCUT2D eigenvalue weighted by molar-refractivity contribution is 9.10. The quantitative estimate of drug-likeness (QED) is 0.755. The van der Waals surface area contributed by atoms with Crippen LogP contribution in [0.1, 0.15) is 5.56 Å². The van der Waals surface area contributed by atoms with E-state index in [0.29, 0.717) is 5.69 Å². The maximum Gasteiger partial charge on any atom is 0.319 e. The summed E-state index contributed by atoms with van der Waals surface area (Å²) < 4.78 is 23.2. The number of urea groups is 1. The average Bonchev–Trinajstić information content (AvgIpc) is 2.47. The Labute approximate surface area is 136 Å². The standard InChI is InChI=1S/C14H14BrN3O3S/c15-11-3-5-12(6-4-11)18-14(19)17-9-10-1-7-13(8-2-10)22(16,20)21/h1-8H,9H2,(H2,16,20,21)(H2,17,18,19). The molecule has 0 unspecified atom stereocenters. The molecular formula is C14H14BrN3O3S. The summed E-state index contributed by atoms with van der Waals surface area (Å²) in [6, 6.07) is 12.8. The predicted octanol–water partition coefficient (Wildman–Crippen LogP) is 2.42. The summed E-state index contributed by atoms with van der Waals surface area (Å²) in [5.74, 6) is 0. The van der Waals surface area contributed by atoms with Crippen LogP contribution in [0.3, 0.4) is 0 Å². The summed E-state index contributed by atoms with van der Waals surface area (Å²) in [4.78, 5) is 11.8. The molecule has 8 heteroatoms. The summed E-state index contributed by atoms with van der Waals surface area (Å²) in [6.07, 6.45) is 0. The summed E-state index contributed by atoms with van der Waals surface area (Å²) >= 11 is 3.31. The molecule has 0 aromatic heterocycles. The van der Waals surface area contributed by atoms with Gasteiger partial charge in [-0.3, -0.25) is 0 Å². The lowest BCUT2D eigenvalue weighted by Crippen LogP contribution is -2.28. The molecule has 2 amide bonds. The predicted molar refractivity (Wildman–Crippen MR) is 87.8 cm³/mol. The molecule has 4 N–H and O–H groups in total. The van der Waals surface area contributed by atoms with Gasteiger partial charge < -0.3 is 10.6 Å². The minimum atomic E-state index is -3.70. The molecule has 2 aromatic rings. The third-order valence-electron chi connectivity index (χ3n) is 2.81. The highest BCUT2D eigenvalue weighted by Crippen LogP contribution is 2.14. The number of amides is 2. The number of carbonyl (C=O) groups is 1. The Morgan fingerprint density at radius 3 is 2.18 bits per heavy atom. The van der Waals surface area contributed by atoms with E-state index in [-0.39, 0.29) is 17.5 Å². The van der Waals surface area contributed by atoms with Crippen LogP contribution < -0.4 is 15.8 Å². The van der Waals surface area contributed by atoms with Crippen molar-refractivity contribution in [3.8, 4) is 0 Å². The van der Waals surface area contributed by atoms with Gasteiger partial charge in [-0.1, -0.05) is 28.1 Å². The molecular weight excluding hydrogens is 370 g/mol. The zero-order chi connectivity index (χ0) is 16.2. The van der Waals surface area contributed by atoms with Crippen LogP contribution in [-0.2, 0) is 16.6 Å². The zero-order valence-corrected chi connectivity index (χ0v) is 13.8. The number of nitrogens with one attached hydrogen (secondary N) is 2. The Balaban J connectivity index is 1.89. The lowest BCUT2D eigenvalue weighted by Gasteiger charge is -2.08. The number of primary sulfonamides is 1. The van der Waals surface area contributed by atoms with Crippen LogP contribution in [0.25, 0.3) is 0 Å². The molecule has 0 aliphatic heterocycles. The van der Waals surface area contributed by atoms with E-state index in [1.54, 1.807) is 24.3 Å². The molecule has 0 radical (unpaired) electrons. The molecule has 0 bridgehead atoms. The van der Waals surface area contributed by atoms with Crippen molar-refractivity contribution < 1.29 is 13.2 Å². The third kappa shape index (κ3) is 4.83. The molecule has 0 fully saturated rings. The first kappa shape index (κ1) is 16.5. The normalized spacial score (nSPS) is 11.0. The Morgan fingerprint density at radius 1 is 1.05 bits per heavy atom. The number of rotatable bonds is 4. The van der Waals surface area contributed by atoms with Crippen LogP contribution >= 0.6 is 15.9 Å². The van der Waals surface area contributed by atoms with Crippen molar-refractivity contribution in [1.29, 1.82) is 0 Å². The molecule has 22 heavy (non-hydrogen) atoms. The van der Waals surface area contributed by atoms with Crippen LogP contribution in [0.2, 0.25) is 0 Å². The van der Waals surface area contributed by atoms with Crippen molar-refractivity contribution in [2.45, 2.75) is 11.4 Å². The molecule has 116 valence electrons. The highest BCUT2D eigenvalue weighted by atomic mass is 79.9. The van der Waals surface area contributed by atoms with Gasteiger partial charge in [-0.25, -0.2) is 18.4 Å². The second-order valence-corrected chi connectivity index (χ2v) is 6.98. The largest absolute Gasteiger partial charge is 0.334 e. The number of benzene rings is 2. The van der Waals surface area contributed by atoms with Crippen molar-refractivity contribution in [3.63, 3.8) is 0 Å². The van der Waals surface area contributed by atoms with E-state index < -0.39 is 10.0 Å².